The van der Waals surface area contributed by atoms with Crippen LogP contribution in [0, 0.1) is 11.7 Å². The number of nitrogens with zero attached hydrogens (tertiary/aromatic N) is 1. The zero-order chi connectivity index (χ0) is 15.2. The fourth-order valence-corrected chi connectivity index (χ4v) is 2.36. The van der Waals surface area contributed by atoms with E-state index in [1.807, 2.05) is 13.1 Å². The molecule has 0 spiro atoms. The summed E-state index contributed by atoms with van der Waals surface area (Å²) in [5.74, 6) is 0.674. The Morgan fingerprint density at radius 1 is 1.43 bits per heavy atom. The van der Waals surface area contributed by atoms with Crippen molar-refractivity contribution in [1.82, 2.24) is 4.90 Å². The molecule has 21 heavy (non-hydrogen) atoms. The molecular formula is C16H25FN2O2. The van der Waals surface area contributed by atoms with E-state index in [4.69, 9.17) is 15.2 Å². The molecule has 0 heterocycles. The number of rotatable bonds is 9. The summed E-state index contributed by atoms with van der Waals surface area (Å²) in [5, 5.41) is 0. The van der Waals surface area contributed by atoms with Crippen LogP contribution in [0.1, 0.15) is 24.4 Å². The number of hydrogen-bond acceptors (Lipinski definition) is 4. The van der Waals surface area contributed by atoms with Crippen LogP contribution in [0.25, 0.3) is 0 Å². The molecule has 1 fully saturated rings. The molecule has 0 bridgehead atoms. The predicted octanol–water partition coefficient (Wildman–Crippen LogP) is 2.19. The number of ether oxygens (including phenoxy) is 2. The van der Waals surface area contributed by atoms with Gasteiger partial charge in [0.2, 0.25) is 0 Å². The molecule has 1 saturated carbocycles. The molecule has 2 rings (SSSR count). The molecule has 2 N–H and O–H groups in total. The summed E-state index contributed by atoms with van der Waals surface area (Å²) < 4.78 is 24.4. The molecule has 1 aliphatic rings. The Balaban J connectivity index is 1.88. The lowest BCUT2D eigenvalue weighted by molar-refractivity contribution is 0.0922. The zero-order valence-corrected chi connectivity index (χ0v) is 12.8. The number of benzene rings is 1. The van der Waals surface area contributed by atoms with Crippen LogP contribution < -0.4 is 10.5 Å². The minimum atomic E-state index is -0.355. The van der Waals surface area contributed by atoms with Crippen LogP contribution in [0.4, 0.5) is 4.39 Å². The first-order chi connectivity index (χ1) is 10.2. The third-order valence-corrected chi connectivity index (χ3v) is 3.95. The molecule has 1 aromatic carbocycles. The summed E-state index contributed by atoms with van der Waals surface area (Å²) in [6.07, 6.45) is 2.60. The number of nitrogens with two attached hydrogens (primary N) is 1. The first-order valence-corrected chi connectivity index (χ1v) is 7.47. The van der Waals surface area contributed by atoms with Crippen LogP contribution >= 0.6 is 0 Å². The Kier molecular flexibility index (Phi) is 5.96. The van der Waals surface area contributed by atoms with Crippen molar-refractivity contribution in [3.05, 3.63) is 29.6 Å². The van der Waals surface area contributed by atoms with Gasteiger partial charge in [-0.25, -0.2) is 4.39 Å². The Hall–Kier alpha value is -1.17. The molecule has 0 aliphatic heterocycles. The van der Waals surface area contributed by atoms with Crippen molar-refractivity contribution in [1.29, 1.82) is 0 Å². The van der Waals surface area contributed by atoms with E-state index in [2.05, 4.69) is 4.90 Å². The van der Waals surface area contributed by atoms with Gasteiger partial charge in [-0.2, -0.15) is 0 Å². The monoisotopic (exact) mass is 296 g/mol. The van der Waals surface area contributed by atoms with Gasteiger partial charge in [0.15, 0.2) is 11.6 Å². The standard InChI is InChI=1S/C16H25FN2O2/c1-19(7-8-21-11-12-3-4-12)15(10-18)13-5-6-16(20-2)14(17)9-13/h5-6,9,12,15H,3-4,7-8,10-11,18H2,1-2H3. The van der Waals surface area contributed by atoms with Gasteiger partial charge in [-0.3, -0.25) is 4.90 Å². The van der Waals surface area contributed by atoms with Gasteiger partial charge in [-0.05, 0) is 43.5 Å². The van der Waals surface area contributed by atoms with E-state index in [0.717, 1.165) is 24.6 Å². The summed E-state index contributed by atoms with van der Waals surface area (Å²) in [4.78, 5) is 2.11. The summed E-state index contributed by atoms with van der Waals surface area (Å²) >= 11 is 0. The molecule has 5 heteroatoms. The molecule has 0 saturated heterocycles. The topological polar surface area (TPSA) is 47.7 Å². The molecule has 1 aliphatic carbocycles. The van der Waals surface area contributed by atoms with Crippen molar-refractivity contribution in [3.63, 3.8) is 0 Å². The second-order valence-corrected chi connectivity index (χ2v) is 5.64. The van der Waals surface area contributed by atoms with E-state index in [9.17, 15) is 4.39 Å². The molecule has 1 atom stereocenters. The minimum absolute atomic E-state index is 0.0186. The summed E-state index contributed by atoms with van der Waals surface area (Å²) in [5.41, 5.74) is 6.71. The maximum atomic E-state index is 13.8. The highest BCUT2D eigenvalue weighted by atomic mass is 19.1. The molecule has 0 amide bonds. The third kappa shape index (κ3) is 4.66. The van der Waals surface area contributed by atoms with E-state index in [1.54, 1.807) is 6.07 Å². The quantitative estimate of drug-likeness (QED) is 0.710. The number of likely N-dealkylation sites (N-methyl/N-ethyl adjacent to an activating group) is 1. The first kappa shape index (κ1) is 16.2. The normalized spacial score (nSPS) is 16.2. The molecule has 118 valence electrons. The largest absolute Gasteiger partial charge is 0.494 e. The number of methoxy groups -OCH3 is 1. The van der Waals surface area contributed by atoms with Crippen molar-refractivity contribution in [2.45, 2.75) is 18.9 Å². The van der Waals surface area contributed by atoms with Gasteiger partial charge in [-0.1, -0.05) is 6.07 Å². The second kappa shape index (κ2) is 7.73. The lowest BCUT2D eigenvalue weighted by Gasteiger charge is -2.27. The fourth-order valence-electron chi connectivity index (χ4n) is 2.36. The Morgan fingerprint density at radius 3 is 2.76 bits per heavy atom. The SMILES string of the molecule is COc1ccc(C(CN)N(C)CCOCC2CC2)cc1F. The van der Waals surface area contributed by atoms with Gasteiger partial charge in [0.05, 0.1) is 13.7 Å². The summed E-state index contributed by atoms with van der Waals surface area (Å²) in [6.45, 7) is 2.76. The van der Waals surface area contributed by atoms with Crippen molar-refractivity contribution < 1.29 is 13.9 Å². The fraction of sp³-hybridized carbons (Fsp3) is 0.625. The Bertz CT molecular complexity index is 452. The molecule has 0 aromatic heterocycles. The third-order valence-electron chi connectivity index (χ3n) is 3.95. The molecule has 1 unspecified atom stereocenters. The van der Waals surface area contributed by atoms with Gasteiger partial charge in [-0.15, -0.1) is 0 Å². The van der Waals surface area contributed by atoms with E-state index in [-0.39, 0.29) is 17.6 Å². The van der Waals surface area contributed by atoms with Crippen LogP contribution in [0.3, 0.4) is 0 Å². The second-order valence-electron chi connectivity index (χ2n) is 5.64. The highest BCUT2D eigenvalue weighted by Gasteiger charge is 2.21. The maximum Gasteiger partial charge on any atom is 0.165 e. The lowest BCUT2D eigenvalue weighted by Crippen LogP contribution is -2.33. The highest BCUT2D eigenvalue weighted by Crippen LogP contribution is 2.29. The van der Waals surface area contributed by atoms with Crippen molar-refractivity contribution in [3.8, 4) is 5.75 Å². The summed E-state index contributed by atoms with van der Waals surface area (Å²) in [6, 6.07) is 4.99. The molecule has 4 nitrogen and oxygen atoms in total. The van der Waals surface area contributed by atoms with Crippen LogP contribution in [0.5, 0.6) is 5.75 Å². The first-order valence-electron chi connectivity index (χ1n) is 7.47. The molecule has 1 aromatic rings. The number of halogens is 1. The van der Waals surface area contributed by atoms with E-state index in [1.165, 1.54) is 26.0 Å². The average molecular weight is 296 g/mol. The van der Waals surface area contributed by atoms with Crippen molar-refractivity contribution in [2.75, 3.05) is 40.5 Å². The summed E-state index contributed by atoms with van der Waals surface area (Å²) in [7, 11) is 3.45. The smallest absolute Gasteiger partial charge is 0.165 e. The lowest BCUT2D eigenvalue weighted by atomic mass is 10.1. The van der Waals surface area contributed by atoms with E-state index < -0.39 is 0 Å². The van der Waals surface area contributed by atoms with Crippen molar-refractivity contribution in [2.24, 2.45) is 11.7 Å². The minimum Gasteiger partial charge on any atom is -0.494 e. The van der Waals surface area contributed by atoms with Gasteiger partial charge < -0.3 is 15.2 Å². The highest BCUT2D eigenvalue weighted by molar-refractivity contribution is 5.31. The van der Waals surface area contributed by atoms with Gasteiger partial charge >= 0.3 is 0 Å². The Labute approximate surface area is 126 Å². The van der Waals surface area contributed by atoms with Gasteiger partial charge in [0, 0.05) is 25.7 Å². The van der Waals surface area contributed by atoms with Crippen LogP contribution in [-0.4, -0.2) is 45.4 Å². The average Bonchev–Trinajstić information content (AvgIpc) is 3.29. The van der Waals surface area contributed by atoms with Crippen LogP contribution in [-0.2, 0) is 4.74 Å². The predicted molar refractivity (Wildman–Crippen MR) is 80.9 cm³/mol. The van der Waals surface area contributed by atoms with E-state index >= 15 is 0 Å². The van der Waals surface area contributed by atoms with Gasteiger partial charge in [0.25, 0.3) is 0 Å². The van der Waals surface area contributed by atoms with E-state index in [0.29, 0.717) is 13.2 Å². The number of hydrogen-bond donors (Lipinski definition) is 1. The van der Waals surface area contributed by atoms with Crippen molar-refractivity contribution >= 4 is 0 Å². The van der Waals surface area contributed by atoms with Crippen LogP contribution in [0.2, 0.25) is 0 Å². The maximum absolute atomic E-state index is 13.8. The van der Waals surface area contributed by atoms with Gasteiger partial charge in [0.1, 0.15) is 0 Å². The zero-order valence-electron chi connectivity index (χ0n) is 12.8. The van der Waals surface area contributed by atoms with Crippen LogP contribution in [0.15, 0.2) is 18.2 Å². The molecular weight excluding hydrogens is 271 g/mol. The molecule has 0 radical (unpaired) electrons. The Morgan fingerprint density at radius 2 is 2.19 bits per heavy atom.